The van der Waals surface area contributed by atoms with E-state index in [0.29, 0.717) is 0 Å². The molecule has 0 radical (unpaired) electrons. The third-order valence-corrected chi connectivity index (χ3v) is 1.17. The van der Waals surface area contributed by atoms with Crippen molar-refractivity contribution in [2.24, 2.45) is 0 Å². The molecule has 0 aliphatic carbocycles. The highest BCUT2D eigenvalue weighted by molar-refractivity contribution is 7.98. The van der Waals surface area contributed by atoms with Crippen LogP contribution in [-0.2, 0) is 0 Å². The molecular formula is C4H13NS. The fourth-order valence-electron chi connectivity index (χ4n) is 0.204. The first-order valence-corrected chi connectivity index (χ1v) is 3.44. The highest BCUT2D eigenvalue weighted by Crippen LogP contribution is 1.85. The van der Waals surface area contributed by atoms with Gasteiger partial charge in [0.25, 0.3) is 0 Å². The van der Waals surface area contributed by atoms with Crippen LogP contribution in [0, 0.1) is 0 Å². The Labute approximate surface area is 45.0 Å². The number of hydrogen-bond acceptors (Lipinski definition) is 2. The summed E-state index contributed by atoms with van der Waals surface area (Å²) in [5.41, 5.74) is 0. The van der Waals surface area contributed by atoms with Gasteiger partial charge in [-0.2, -0.15) is 11.8 Å². The van der Waals surface area contributed by atoms with E-state index in [4.69, 9.17) is 0 Å². The molecule has 0 aromatic heterocycles. The van der Waals surface area contributed by atoms with Gasteiger partial charge in [-0.05, 0) is 13.3 Å². The molecule has 0 aliphatic rings. The summed E-state index contributed by atoms with van der Waals surface area (Å²) >= 11 is 1.86. The van der Waals surface area contributed by atoms with Crippen LogP contribution in [0.3, 0.4) is 0 Å². The minimum absolute atomic E-state index is 0. The molecule has 40 valence electrons. The fraction of sp³-hybridized carbons (Fsp3) is 1.00. The molecule has 0 rings (SSSR count). The maximum Gasteiger partial charge on any atom is 0.00552 e. The van der Waals surface area contributed by atoms with Gasteiger partial charge in [0.05, 0.1) is 0 Å². The second kappa shape index (κ2) is 5.31. The third-order valence-electron chi connectivity index (χ3n) is 0.556. The number of thioether (sulfide) groups is 1. The van der Waals surface area contributed by atoms with Crippen LogP contribution < -0.4 is 5.32 Å². The van der Waals surface area contributed by atoms with E-state index in [1.165, 1.54) is 5.75 Å². The molecular weight excluding hydrogens is 94.1 g/mol. The van der Waals surface area contributed by atoms with Crippen LogP contribution in [0.1, 0.15) is 1.43 Å². The molecule has 0 bridgehead atoms. The highest BCUT2D eigenvalue weighted by atomic mass is 32.2. The molecule has 0 aliphatic heterocycles. The lowest BCUT2D eigenvalue weighted by molar-refractivity contribution is 0.873. The lowest BCUT2D eigenvalue weighted by Gasteiger charge is -1.89. The van der Waals surface area contributed by atoms with Crippen molar-refractivity contribution in [1.82, 2.24) is 5.32 Å². The standard InChI is InChI=1S/C4H11NS.H2/c1-5-3-4-6-2;/h5H,3-4H2,1-2H3;1H. The summed E-state index contributed by atoms with van der Waals surface area (Å²) in [6.07, 6.45) is 2.11. The second-order valence-electron chi connectivity index (χ2n) is 1.10. The Hall–Kier alpha value is 0.310. The molecule has 0 saturated carbocycles. The zero-order valence-corrected chi connectivity index (χ0v) is 5.14. The molecule has 0 aromatic rings. The van der Waals surface area contributed by atoms with Gasteiger partial charge in [0, 0.05) is 13.7 Å². The predicted octanol–water partition coefficient (Wildman–Crippen LogP) is 0.815. The first-order valence-electron chi connectivity index (χ1n) is 2.05. The van der Waals surface area contributed by atoms with Crippen molar-refractivity contribution in [3.05, 3.63) is 0 Å². The van der Waals surface area contributed by atoms with Gasteiger partial charge >= 0.3 is 0 Å². The number of nitrogens with one attached hydrogen (secondary N) is 1. The highest BCUT2D eigenvalue weighted by Gasteiger charge is 1.73. The van der Waals surface area contributed by atoms with Crippen LogP contribution in [0.4, 0.5) is 0 Å². The Morgan fingerprint density at radius 3 is 2.67 bits per heavy atom. The normalized spacial score (nSPS) is 9.00. The largest absolute Gasteiger partial charge is 0.319 e. The third kappa shape index (κ3) is 4.31. The maximum atomic E-state index is 3.05. The van der Waals surface area contributed by atoms with Crippen LogP contribution >= 0.6 is 11.8 Å². The quantitative estimate of drug-likeness (QED) is 0.536. The zero-order valence-electron chi connectivity index (χ0n) is 4.32. The lowest BCUT2D eigenvalue weighted by Crippen LogP contribution is -2.09. The number of hydrogen-bond donors (Lipinski definition) is 1. The van der Waals surface area contributed by atoms with Gasteiger partial charge in [-0.15, -0.1) is 0 Å². The van der Waals surface area contributed by atoms with Gasteiger partial charge in [0.15, 0.2) is 0 Å². The first-order chi connectivity index (χ1) is 2.91. The Balaban J connectivity index is 0. The summed E-state index contributed by atoms with van der Waals surface area (Å²) < 4.78 is 0. The number of rotatable bonds is 3. The molecule has 0 atom stereocenters. The van der Waals surface area contributed by atoms with Crippen LogP contribution in [-0.4, -0.2) is 25.6 Å². The van der Waals surface area contributed by atoms with Gasteiger partial charge in [-0.25, -0.2) is 0 Å². The summed E-state index contributed by atoms with van der Waals surface area (Å²) in [4.78, 5) is 0. The Morgan fingerprint density at radius 2 is 2.50 bits per heavy atom. The van der Waals surface area contributed by atoms with Crippen molar-refractivity contribution in [2.75, 3.05) is 25.6 Å². The summed E-state index contributed by atoms with van der Waals surface area (Å²) in [7, 11) is 1.97. The Kier molecular flexibility index (Phi) is 5.58. The van der Waals surface area contributed by atoms with Crippen molar-refractivity contribution < 1.29 is 1.43 Å². The van der Waals surface area contributed by atoms with E-state index in [1.54, 1.807) is 0 Å². The van der Waals surface area contributed by atoms with Crippen molar-refractivity contribution in [3.63, 3.8) is 0 Å². The van der Waals surface area contributed by atoms with Crippen molar-refractivity contribution in [3.8, 4) is 0 Å². The van der Waals surface area contributed by atoms with Crippen LogP contribution in [0.25, 0.3) is 0 Å². The summed E-state index contributed by atoms with van der Waals surface area (Å²) in [5, 5.41) is 3.05. The minimum atomic E-state index is 0. The average molecular weight is 107 g/mol. The summed E-state index contributed by atoms with van der Waals surface area (Å²) in [5.74, 6) is 1.22. The lowest BCUT2D eigenvalue weighted by atomic mass is 10.8. The molecule has 0 fully saturated rings. The van der Waals surface area contributed by atoms with E-state index in [9.17, 15) is 0 Å². The molecule has 0 saturated heterocycles. The summed E-state index contributed by atoms with van der Waals surface area (Å²) in [6.45, 7) is 1.13. The Morgan fingerprint density at radius 1 is 1.83 bits per heavy atom. The predicted molar refractivity (Wildman–Crippen MR) is 34.4 cm³/mol. The van der Waals surface area contributed by atoms with Gasteiger partial charge in [-0.3, -0.25) is 0 Å². The topological polar surface area (TPSA) is 12.0 Å². The van der Waals surface area contributed by atoms with E-state index in [2.05, 4.69) is 11.6 Å². The van der Waals surface area contributed by atoms with Crippen molar-refractivity contribution in [1.29, 1.82) is 0 Å². The molecule has 1 nitrogen and oxygen atoms in total. The summed E-state index contributed by atoms with van der Waals surface area (Å²) in [6, 6.07) is 0. The van der Waals surface area contributed by atoms with E-state index in [0.717, 1.165) is 6.54 Å². The van der Waals surface area contributed by atoms with Crippen LogP contribution in [0.2, 0.25) is 0 Å². The monoisotopic (exact) mass is 107 g/mol. The maximum absolute atomic E-state index is 3.05. The fourth-order valence-corrected chi connectivity index (χ4v) is 0.612. The molecule has 6 heavy (non-hydrogen) atoms. The van der Waals surface area contributed by atoms with E-state index < -0.39 is 0 Å². The average Bonchev–Trinajstić information content (AvgIpc) is 1.61. The van der Waals surface area contributed by atoms with Crippen LogP contribution in [0.5, 0.6) is 0 Å². The van der Waals surface area contributed by atoms with Crippen LogP contribution in [0.15, 0.2) is 0 Å². The van der Waals surface area contributed by atoms with Gasteiger partial charge in [0.1, 0.15) is 0 Å². The van der Waals surface area contributed by atoms with Crippen molar-refractivity contribution >= 4 is 11.8 Å². The van der Waals surface area contributed by atoms with E-state index in [1.807, 2.05) is 18.8 Å². The second-order valence-corrected chi connectivity index (χ2v) is 2.08. The van der Waals surface area contributed by atoms with Gasteiger partial charge < -0.3 is 5.32 Å². The first kappa shape index (κ1) is 6.31. The van der Waals surface area contributed by atoms with E-state index in [-0.39, 0.29) is 1.43 Å². The Bertz CT molecular complexity index is 23.7. The molecule has 2 heteroatoms. The SMILES string of the molecule is CNCCSC.[HH]. The minimum Gasteiger partial charge on any atom is -0.319 e. The van der Waals surface area contributed by atoms with E-state index >= 15 is 0 Å². The molecule has 0 heterocycles. The molecule has 0 spiro atoms. The zero-order chi connectivity index (χ0) is 4.83. The smallest absolute Gasteiger partial charge is 0.00552 e. The van der Waals surface area contributed by atoms with Gasteiger partial charge in [0.2, 0.25) is 0 Å². The molecule has 0 amide bonds. The van der Waals surface area contributed by atoms with Crippen molar-refractivity contribution in [2.45, 2.75) is 0 Å². The van der Waals surface area contributed by atoms with Gasteiger partial charge in [-0.1, -0.05) is 0 Å². The molecule has 0 unspecified atom stereocenters. The molecule has 0 aromatic carbocycles. The molecule has 1 N–H and O–H groups in total.